The van der Waals surface area contributed by atoms with Crippen molar-refractivity contribution >= 4 is 16.7 Å². The fraction of sp³-hybridized carbons (Fsp3) is 0.577. The lowest BCUT2D eigenvalue weighted by molar-refractivity contribution is 0.185. The summed E-state index contributed by atoms with van der Waals surface area (Å²) in [5.41, 5.74) is 1.98. The summed E-state index contributed by atoms with van der Waals surface area (Å²) in [6, 6.07) is 4.40. The molecule has 3 fully saturated rings. The second-order valence-electron chi connectivity index (χ2n) is 10.2. The number of hydrogen-bond acceptors (Lipinski definition) is 8. The minimum Gasteiger partial charge on any atom is -0.490 e. The van der Waals surface area contributed by atoms with Gasteiger partial charge in [-0.2, -0.15) is 4.98 Å². The van der Waals surface area contributed by atoms with Gasteiger partial charge in [-0.05, 0) is 64.5 Å². The number of halogens is 1. The van der Waals surface area contributed by atoms with Gasteiger partial charge in [0.15, 0.2) is 11.6 Å². The van der Waals surface area contributed by atoms with Crippen LogP contribution in [0.5, 0.6) is 5.75 Å². The number of aromatic nitrogens is 3. The van der Waals surface area contributed by atoms with E-state index in [0.717, 1.165) is 63.0 Å². The van der Waals surface area contributed by atoms with Crippen LogP contribution in [0.25, 0.3) is 22.4 Å². The first kappa shape index (κ1) is 22.7. The Labute approximate surface area is 204 Å². The molecular formula is C26H32FN5O3. The van der Waals surface area contributed by atoms with E-state index in [0.29, 0.717) is 46.3 Å². The Morgan fingerprint density at radius 3 is 2.66 bits per heavy atom. The molecule has 35 heavy (non-hydrogen) atoms. The second-order valence-corrected chi connectivity index (χ2v) is 10.2. The molecule has 4 heterocycles. The van der Waals surface area contributed by atoms with Gasteiger partial charge in [-0.25, -0.2) is 9.37 Å². The Morgan fingerprint density at radius 2 is 1.97 bits per heavy atom. The first-order valence-electron chi connectivity index (χ1n) is 12.7. The van der Waals surface area contributed by atoms with Crippen LogP contribution in [-0.2, 0) is 4.74 Å². The molecule has 0 unspecified atom stereocenters. The number of ether oxygens (including phenoxy) is 2. The molecule has 1 aliphatic carbocycles. The fourth-order valence-corrected chi connectivity index (χ4v) is 5.38. The van der Waals surface area contributed by atoms with Gasteiger partial charge >= 0.3 is 0 Å². The third kappa shape index (κ3) is 4.47. The minimum absolute atomic E-state index is 0.184. The van der Waals surface area contributed by atoms with Gasteiger partial charge in [-0.1, -0.05) is 5.16 Å². The number of aryl methyl sites for hydroxylation is 2. The molecule has 6 rings (SSSR count). The van der Waals surface area contributed by atoms with Crippen LogP contribution >= 0.6 is 0 Å². The number of hydrogen-bond donors (Lipinski definition) is 1. The van der Waals surface area contributed by atoms with Crippen LogP contribution in [0.4, 0.5) is 10.2 Å². The largest absolute Gasteiger partial charge is 0.490 e. The predicted molar refractivity (Wildman–Crippen MR) is 130 cm³/mol. The lowest BCUT2D eigenvalue weighted by atomic mass is 9.95. The molecule has 1 aromatic carbocycles. The third-order valence-electron chi connectivity index (χ3n) is 7.38. The van der Waals surface area contributed by atoms with Crippen molar-refractivity contribution in [2.45, 2.75) is 77.1 Å². The van der Waals surface area contributed by atoms with E-state index in [1.165, 1.54) is 6.07 Å². The average molecular weight is 482 g/mol. The summed E-state index contributed by atoms with van der Waals surface area (Å²) in [7, 11) is 0. The van der Waals surface area contributed by atoms with E-state index >= 15 is 4.39 Å². The molecule has 0 radical (unpaired) electrons. The Morgan fingerprint density at radius 1 is 1.11 bits per heavy atom. The van der Waals surface area contributed by atoms with Gasteiger partial charge in [-0.15, -0.1) is 0 Å². The molecule has 0 bridgehead atoms. The summed E-state index contributed by atoms with van der Waals surface area (Å²) < 4.78 is 32.4. The predicted octanol–water partition coefficient (Wildman–Crippen LogP) is 4.32. The topological polar surface area (TPSA) is 85.5 Å². The maximum Gasteiger partial charge on any atom is 0.261 e. The molecule has 0 amide bonds. The molecule has 2 saturated heterocycles. The summed E-state index contributed by atoms with van der Waals surface area (Å²) in [6.45, 7) is 8.39. The zero-order valence-corrected chi connectivity index (χ0v) is 20.5. The highest BCUT2D eigenvalue weighted by molar-refractivity contribution is 5.93. The van der Waals surface area contributed by atoms with E-state index < -0.39 is 0 Å². The van der Waals surface area contributed by atoms with Crippen molar-refractivity contribution in [2.75, 3.05) is 24.7 Å². The number of nitrogens with zero attached hydrogens (tertiary/aromatic N) is 4. The maximum atomic E-state index is 15.3. The molecule has 8 nitrogen and oxygen atoms in total. The molecule has 186 valence electrons. The number of pyridine rings is 1. The van der Waals surface area contributed by atoms with E-state index in [1.54, 1.807) is 6.92 Å². The van der Waals surface area contributed by atoms with E-state index in [1.807, 2.05) is 13.0 Å². The van der Waals surface area contributed by atoms with Crippen molar-refractivity contribution in [3.8, 4) is 17.2 Å². The second kappa shape index (κ2) is 9.02. The fourth-order valence-electron chi connectivity index (χ4n) is 5.38. The minimum atomic E-state index is -0.374. The number of rotatable bonds is 6. The quantitative estimate of drug-likeness (QED) is 0.557. The van der Waals surface area contributed by atoms with E-state index in [2.05, 4.69) is 27.3 Å². The standard InChI is InChI=1S/C26H32FN5O3/c1-14-10-17(29-18-7-9-33-13-18)6-8-32(14)25-23(26-28-16(3)31-35-26)15(2)21-11-20(34-19-4-5-19)12-22(27)24(21)30-25/h11-12,14,17-19,29H,4-10,13H2,1-3H3/t14-,17-,18-/m1/s1. The zero-order valence-electron chi connectivity index (χ0n) is 20.5. The zero-order chi connectivity index (χ0) is 24.1. The lowest BCUT2D eigenvalue weighted by Gasteiger charge is -2.40. The van der Waals surface area contributed by atoms with Gasteiger partial charge in [0.1, 0.15) is 17.1 Å². The highest BCUT2D eigenvalue weighted by Gasteiger charge is 2.33. The van der Waals surface area contributed by atoms with Crippen molar-refractivity contribution in [3.63, 3.8) is 0 Å². The molecule has 2 aromatic heterocycles. The van der Waals surface area contributed by atoms with Crippen LogP contribution in [0.2, 0.25) is 0 Å². The average Bonchev–Trinajstić information content (AvgIpc) is 3.29. The van der Waals surface area contributed by atoms with Crippen molar-refractivity contribution in [1.29, 1.82) is 0 Å². The van der Waals surface area contributed by atoms with Crippen LogP contribution in [0, 0.1) is 19.7 Å². The molecule has 2 aliphatic heterocycles. The van der Waals surface area contributed by atoms with Crippen molar-refractivity contribution in [1.82, 2.24) is 20.4 Å². The van der Waals surface area contributed by atoms with Gasteiger partial charge in [0.25, 0.3) is 5.89 Å². The molecule has 3 atom stereocenters. The monoisotopic (exact) mass is 481 g/mol. The summed E-state index contributed by atoms with van der Waals surface area (Å²) >= 11 is 0. The van der Waals surface area contributed by atoms with Gasteiger partial charge in [0.2, 0.25) is 0 Å². The summed E-state index contributed by atoms with van der Waals surface area (Å²) in [6.07, 6.45) is 5.21. The van der Waals surface area contributed by atoms with Crippen molar-refractivity contribution < 1.29 is 18.4 Å². The Kier molecular flexibility index (Phi) is 5.84. The molecule has 1 saturated carbocycles. The maximum absolute atomic E-state index is 15.3. The van der Waals surface area contributed by atoms with Gasteiger partial charge in [-0.3, -0.25) is 0 Å². The number of piperidine rings is 1. The number of nitrogens with one attached hydrogen (secondary N) is 1. The molecular weight excluding hydrogens is 449 g/mol. The van der Waals surface area contributed by atoms with Gasteiger partial charge in [0.05, 0.1) is 18.3 Å². The Bertz CT molecular complexity index is 1240. The first-order valence-corrected chi connectivity index (χ1v) is 12.7. The van der Waals surface area contributed by atoms with Crippen molar-refractivity contribution in [3.05, 3.63) is 29.3 Å². The molecule has 3 aromatic rings. The molecule has 1 N–H and O–H groups in total. The van der Waals surface area contributed by atoms with Crippen LogP contribution < -0.4 is 15.0 Å². The highest BCUT2D eigenvalue weighted by Crippen LogP contribution is 2.40. The van der Waals surface area contributed by atoms with Crippen LogP contribution in [-0.4, -0.2) is 59.1 Å². The van der Waals surface area contributed by atoms with E-state index in [9.17, 15) is 0 Å². The summed E-state index contributed by atoms with van der Waals surface area (Å²) in [4.78, 5) is 11.7. The normalized spacial score (nSPS) is 24.9. The van der Waals surface area contributed by atoms with E-state index in [-0.39, 0.29) is 18.0 Å². The number of benzene rings is 1. The SMILES string of the molecule is Cc1noc(-c2c(N3CC[C@@H](N[C@@H]4CCOC4)C[C@H]3C)nc3c(F)cc(OC4CC4)cc3c2C)n1. The number of fused-ring (bicyclic) bond motifs is 1. The van der Waals surface area contributed by atoms with Crippen LogP contribution in [0.15, 0.2) is 16.7 Å². The van der Waals surface area contributed by atoms with Gasteiger partial charge in [0, 0.05) is 42.7 Å². The van der Waals surface area contributed by atoms with Crippen LogP contribution in [0.1, 0.15) is 50.4 Å². The first-order chi connectivity index (χ1) is 17.0. The molecule has 9 heteroatoms. The molecule has 0 spiro atoms. The molecule has 3 aliphatic rings. The lowest BCUT2D eigenvalue weighted by Crippen LogP contribution is -2.50. The highest BCUT2D eigenvalue weighted by atomic mass is 19.1. The Hall–Kier alpha value is -2.78. The smallest absolute Gasteiger partial charge is 0.261 e. The van der Waals surface area contributed by atoms with Crippen LogP contribution in [0.3, 0.4) is 0 Å². The summed E-state index contributed by atoms with van der Waals surface area (Å²) in [5, 5.41) is 8.49. The third-order valence-corrected chi connectivity index (χ3v) is 7.38. The van der Waals surface area contributed by atoms with E-state index in [4.69, 9.17) is 19.0 Å². The Balaban J connectivity index is 1.39. The van der Waals surface area contributed by atoms with Crippen molar-refractivity contribution in [2.24, 2.45) is 0 Å². The van der Waals surface area contributed by atoms with Gasteiger partial charge < -0.3 is 24.2 Å². The summed E-state index contributed by atoms with van der Waals surface area (Å²) in [5.74, 6) is 1.83. The number of anilines is 1.